The van der Waals surface area contributed by atoms with Crippen LogP contribution >= 0.6 is 23.1 Å². The fourth-order valence-corrected chi connectivity index (χ4v) is 8.29. The van der Waals surface area contributed by atoms with Gasteiger partial charge in [0.2, 0.25) is 5.95 Å². The number of nitrogens with zero attached hydrogens (tertiary/aromatic N) is 4. The highest BCUT2D eigenvalue weighted by atomic mass is 32.2. The summed E-state index contributed by atoms with van der Waals surface area (Å²) in [7, 11) is 0. The highest BCUT2D eigenvalue weighted by Crippen LogP contribution is 2.44. The number of thioether (sulfide) groups is 1. The Balaban J connectivity index is 1.21. The van der Waals surface area contributed by atoms with E-state index in [1.165, 1.54) is 11.8 Å². The van der Waals surface area contributed by atoms with Gasteiger partial charge in [0.05, 0.1) is 10.6 Å². The molecule has 3 aliphatic heterocycles. The van der Waals surface area contributed by atoms with Crippen molar-refractivity contribution in [2.75, 3.05) is 35.6 Å². The lowest BCUT2D eigenvalue weighted by Gasteiger charge is -2.30. The Kier molecular flexibility index (Phi) is 6.47. The first kappa shape index (κ1) is 26.1. The smallest absolute Gasteiger partial charge is 0.366 e. The molecule has 0 unspecified atom stereocenters. The molecule has 2 atom stereocenters. The first-order chi connectivity index (χ1) is 19.3. The van der Waals surface area contributed by atoms with Crippen LogP contribution in [0.1, 0.15) is 47.0 Å². The second-order valence-corrected chi connectivity index (χ2v) is 13.0. The average molecular weight is 587 g/mol. The Morgan fingerprint density at radius 3 is 2.73 bits per heavy atom. The number of rotatable bonds is 6. The molecular formula is C28H29F3N6OS2. The van der Waals surface area contributed by atoms with Crippen LogP contribution in [0.3, 0.4) is 0 Å². The molecule has 12 heteroatoms. The number of nitrogens with one attached hydrogen (secondary N) is 2. The number of benzene rings is 1. The molecule has 1 amide bonds. The molecule has 7 nitrogen and oxygen atoms in total. The predicted molar refractivity (Wildman–Crippen MR) is 152 cm³/mol. The lowest BCUT2D eigenvalue weighted by Crippen LogP contribution is -2.43. The number of carbonyl (C=O) groups excluding carboxylic acids is 1. The molecular weight excluding hydrogens is 557 g/mol. The quantitative estimate of drug-likeness (QED) is 0.379. The van der Waals surface area contributed by atoms with Crippen molar-refractivity contribution in [3.63, 3.8) is 0 Å². The molecule has 40 heavy (non-hydrogen) atoms. The third-order valence-corrected chi connectivity index (χ3v) is 10.4. The second kappa shape index (κ2) is 9.92. The third-order valence-electron chi connectivity index (χ3n) is 8.16. The number of thiophene rings is 1. The van der Waals surface area contributed by atoms with Crippen LogP contribution < -0.4 is 15.5 Å². The van der Waals surface area contributed by atoms with Gasteiger partial charge in [-0.25, -0.2) is 9.97 Å². The summed E-state index contributed by atoms with van der Waals surface area (Å²) in [6, 6.07) is 9.13. The number of fused-ring (bicyclic) bond motifs is 3. The molecule has 3 aromatic rings. The Labute approximate surface area is 238 Å². The SMILES string of the molecule is CCc1cc(N2C[C@@H]3C[C@H]2CN3)ccc1Nc1ncc(C(F)(F)F)c(-c2cc3c(s2)C(=O)N(C2CC2)CCS3)n1. The fourth-order valence-electron chi connectivity index (χ4n) is 5.98. The van der Waals surface area contributed by atoms with Crippen molar-refractivity contribution in [3.8, 4) is 10.6 Å². The molecule has 0 radical (unpaired) electrons. The van der Waals surface area contributed by atoms with Gasteiger partial charge in [0.25, 0.3) is 5.91 Å². The highest BCUT2D eigenvalue weighted by Gasteiger charge is 2.40. The summed E-state index contributed by atoms with van der Waals surface area (Å²) in [5.74, 6) is 0.727. The first-order valence-corrected chi connectivity index (χ1v) is 15.5. The molecule has 7 rings (SSSR count). The zero-order valence-corrected chi connectivity index (χ0v) is 23.6. The molecule has 2 saturated heterocycles. The maximum absolute atomic E-state index is 14.1. The van der Waals surface area contributed by atoms with Crippen molar-refractivity contribution in [2.24, 2.45) is 0 Å². The van der Waals surface area contributed by atoms with E-state index < -0.39 is 11.7 Å². The largest absolute Gasteiger partial charge is 0.420 e. The zero-order chi connectivity index (χ0) is 27.6. The average Bonchev–Trinajstić information content (AvgIpc) is 3.37. The van der Waals surface area contributed by atoms with Crippen molar-refractivity contribution in [1.82, 2.24) is 20.2 Å². The lowest BCUT2D eigenvalue weighted by atomic mass is 10.1. The van der Waals surface area contributed by atoms with Crippen molar-refractivity contribution in [1.29, 1.82) is 0 Å². The van der Waals surface area contributed by atoms with E-state index in [0.717, 1.165) is 83.9 Å². The van der Waals surface area contributed by atoms with Crippen molar-refractivity contribution in [2.45, 2.75) is 61.8 Å². The molecule has 0 spiro atoms. The van der Waals surface area contributed by atoms with Gasteiger partial charge in [0, 0.05) is 66.0 Å². The van der Waals surface area contributed by atoms with Gasteiger partial charge in [-0.05, 0) is 55.5 Å². The van der Waals surface area contributed by atoms with Gasteiger partial charge in [-0.3, -0.25) is 4.79 Å². The molecule has 5 heterocycles. The van der Waals surface area contributed by atoms with Crippen molar-refractivity contribution < 1.29 is 18.0 Å². The number of carbonyl (C=O) groups is 1. The number of hydrogen-bond donors (Lipinski definition) is 2. The van der Waals surface area contributed by atoms with Gasteiger partial charge >= 0.3 is 6.18 Å². The molecule has 3 fully saturated rings. The predicted octanol–water partition coefficient (Wildman–Crippen LogP) is 5.79. The molecule has 210 valence electrons. The van der Waals surface area contributed by atoms with Crippen LogP contribution in [0, 0.1) is 0 Å². The van der Waals surface area contributed by atoms with E-state index in [0.29, 0.717) is 28.4 Å². The van der Waals surface area contributed by atoms with Crippen molar-refractivity contribution >= 4 is 46.3 Å². The Bertz CT molecular complexity index is 1470. The van der Waals surface area contributed by atoms with E-state index in [-0.39, 0.29) is 23.6 Å². The maximum Gasteiger partial charge on any atom is 0.420 e. The van der Waals surface area contributed by atoms with Crippen LogP contribution in [0.5, 0.6) is 0 Å². The van der Waals surface area contributed by atoms with Gasteiger partial charge in [-0.1, -0.05) is 6.92 Å². The van der Waals surface area contributed by atoms with Crippen LogP contribution in [-0.2, 0) is 12.6 Å². The summed E-state index contributed by atoms with van der Waals surface area (Å²) >= 11 is 2.61. The second-order valence-electron chi connectivity index (χ2n) is 10.8. The maximum atomic E-state index is 14.1. The number of alkyl halides is 3. The minimum absolute atomic E-state index is 0.0885. The van der Waals surface area contributed by atoms with Crippen LogP contribution in [0.2, 0.25) is 0 Å². The Morgan fingerprint density at radius 2 is 2.02 bits per heavy atom. The number of aryl methyl sites for hydroxylation is 1. The van der Waals surface area contributed by atoms with E-state index >= 15 is 0 Å². The van der Waals surface area contributed by atoms with Gasteiger partial charge in [-0.15, -0.1) is 23.1 Å². The lowest BCUT2D eigenvalue weighted by molar-refractivity contribution is -0.137. The number of piperazine rings is 1. The molecule has 2 aromatic heterocycles. The fraction of sp³-hybridized carbons (Fsp3) is 0.464. The van der Waals surface area contributed by atoms with Crippen LogP contribution in [0.15, 0.2) is 35.4 Å². The molecule has 4 aliphatic rings. The number of amides is 1. The van der Waals surface area contributed by atoms with E-state index in [1.54, 1.807) is 6.07 Å². The first-order valence-electron chi connectivity index (χ1n) is 13.7. The third kappa shape index (κ3) is 4.73. The van der Waals surface area contributed by atoms with E-state index in [9.17, 15) is 18.0 Å². The summed E-state index contributed by atoms with van der Waals surface area (Å²) < 4.78 is 42.3. The normalized spacial score (nSPS) is 22.6. The summed E-state index contributed by atoms with van der Waals surface area (Å²) in [6.07, 6.45) is 0.0822. The summed E-state index contributed by atoms with van der Waals surface area (Å²) in [5.41, 5.74) is 1.86. The monoisotopic (exact) mass is 586 g/mol. The van der Waals surface area contributed by atoms with E-state index in [4.69, 9.17) is 0 Å². The van der Waals surface area contributed by atoms with E-state index in [2.05, 4.69) is 44.6 Å². The summed E-state index contributed by atoms with van der Waals surface area (Å²) in [5, 5.41) is 6.70. The molecule has 1 saturated carbocycles. The molecule has 1 aliphatic carbocycles. The number of aromatic nitrogens is 2. The van der Waals surface area contributed by atoms with E-state index in [1.807, 2.05) is 11.0 Å². The van der Waals surface area contributed by atoms with Gasteiger partial charge in [0.15, 0.2) is 0 Å². The minimum atomic E-state index is -4.63. The number of anilines is 3. The highest BCUT2D eigenvalue weighted by molar-refractivity contribution is 7.99. The van der Waals surface area contributed by atoms with Gasteiger partial charge in [-0.2, -0.15) is 13.2 Å². The Hall–Kier alpha value is -2.83. The molecule has 2 N–H and O–H groups in total. The minimum Gasteiger partial charge on any atom is -0.366 e. The van der Waals surface area contributed by atoms with Crippen LogP contribution in [0.4, 0.5) is 30.5 Å². The number of hydrogen-bond acceptors (Lipinski definition) is 8. The summed E-state index contributed by atoms with van der Waals surface area (Å²) in [6.45, 7) is 4.69. The van der Waals surface area contributed by atoms with Crippen LogP contribution in [0.25, 0.3) is 10.6 Å². The molecule has 2 bridgehead atoms. The van der Waals surface area contributed by atoms with Crippen LogP contribution in [-0.4, -0.2) is 64.3 Å². The van der Waals surface area contributed by atoms with Gasteiger partial charge < -0.3 is 20.4 Å². The van der Waals surface area contributed by atoms with Gasteiger partial charge in [0.1, 0.15) is 10.4 Å². The topological polar surface area (TPSA) is 73.4 Å². The molecule has 1 aromatic carbocycles. The zero-order valence-electron chi connectivity index (χ0n) is 21.9. The van der Waals surface area contributed by atoms with Crippen molar-refractivity contribution in [3.05, 3.63) is 46.5 Å². The standard InChI is InChI=1S/C28H29F3N6OS2/c1-2-15-9-18(37-14-16-10-19(37)12-32-16)5-6-21(15)34-27-33-13-20(28(29,30)31)24(35-27)22-11-23-25(40-22)26(38)36(7-8-39-23)17-3-4-17/h5-6,9,11,13,16-17,19,32H,2-4,7-8,10,12,14H2,1H3,(H,33,34,35)/t16-,19-/m0/s1. The Morgan fingerprint density at radius 1 is 1.18 bits per heavy atom. The number of halogens is 3. The summed E-state index contributed by atoms with van der Waals surface area (Å²) in [4.78, 5) is 27.5.